The van der Waals surface area contributed by atoms with Gasteiger partial charge in [-0.3, -0.25) is 9.59 Å². The molecule has 32 heavy (non-hydrogen) atoms. The molecular weight excluding hydrogens is 413 g/mol. The van der Waals surface area contributed by atoms with Crippen LogP contribution in [0.1, 0.15) is 43.3 Å². The number of benzene rings is 2. The van der Waals surface area contributed by atoms with Crippen molar-refractivity contribution in [3.05, 3.63) is 64.3 Å². The molecule has 166 valence electrons. The number of ether oxygens (including phenoxy) is 1. The van der Waals surface area contributed by atoms with Gasteiger partial charge >= 0.3 is 5.97 Å². The van der Waals surface area contributed by atoms with E-state index in [9.17, 15) is 24.2 Å². The molecule has 1 saturated carbocycles. The quantitative estimate of drug-likeness (QED) is 0.630. The van der Waals surface area contributed by atoms with Crippen LogP contribution in [0.15, 0.2) is 47.3 Å². The van der Waals surface area contributed by atoms with Crippen molar-refractivity contribution < 1.29 is 24.1 Å². The Balaban J connectivity index is 1.82. The van der Waals surface area contributed by atoms with Gasteiger partial charge in [0.05, 0.1) is 11.3 Å². The Kier molecular flexibility index (Phi) is 5.21. The number of aliphatic carboxylic acids is 1. The molecule has 2 heterocycles. The molecule has 0 unspecified atom stereocenters. The molecule has 2 fully saturated rings. The van der Waals surface area contributed by atoms with Gasteiger partial charge in [-0.05, 0) is 67.0 Å². The van der Waals surface area contributed by atoms with Crippen molar-refractivity contribution in [2.75, 3.05) is 13.2 Å². The normalized spacial score (nSPS) is 21.4. The third-order valence-electron chi connectivity index (χ3n) is 6.81. The first-order chi connectivity index (χ1) is 15.4. The third kappa shape index (κ3) is 3.46. The number of fused-ring (bicyclic) bond motifs is 1. The summed E-state index contributed by atoms with van der Waals surface area (Å²) in [6.45, 7) is 1.16. The van der Waals surface area contributed by atoms with Crippen LogP contribution in [0.25, 0.3) is 21.9 Å². The Morgan fingerprint density at radius 3 is 2.38 bits per heavy atom. The van der Waals surface area contributed by atoms with Gasteiger partial charge in [-0.1, -0.05) is 12.1 Å². The molecule has 5 rings (SSSR count). The van der Waals surface area contributed by atoms with Gasteiger partial charge in [0.1, 0.15) is 11.6 Å². The number of rotatable bonds is 4. The summed E-state index contributed by atoms with van der Waals surface area (Å²) in [5.74, 6) is -1.62. The number of pyridine rings is 1. The van der Waals surface area contributed by atoms with Gasteiger partial charge < -0.3 is 19.5 Å². The lowest BCUT2D eigenvalue weighted by molar-refractivity contribution is -0.146. The van der Waals surface area contributed by atoms with Crippen molar-refractivity contribution in [1.82, 2.24) is 4.57 Å². The second kappa shape index (κ2) is 8.06. The van der Waals surface area contributed by atoms with E-state index >= 15 is 0 Å². The highest BCUT2D eigenvalue weighted by Gasteiger charge is 2.39. The highest BCUT2D eigenvalue weighted by atomic mass is 19.1. The Morgan fingerprint density at radius 1 is 1.03 bits per heavy atom. The number of halogens is 1. The number of nitrogens with zero attached hydrogens (tertiary/aromatic N) is 1. The maximum absolute atomic E-state index is 13.7. The third-order valence-corrected chi connectivity index (χ3v) is 6.81. The summed E-state index contributed by atoms with van der Waals surface area (Å²) < 4.78 is 21.0. The van der Waals surface area contributed by atoms with Crippen LogP contribution in [0.4, 0.5) is 4.39 Å². The average Bonchev–Trinajstić information content (AvgIpc) is 2.75. The zero-order valence-electron chi connectivity index (χ0n) is 17.5. The maximum Gasteiger partial charge on any atom is 0.306 e. The highest BCUT2D eigenvalue weighted by Crippen LogP contribution is 2.44. The van der Waals surface area contributed by atoms with Gasteiger partial charge in [-0.15, -0.1) is 0 Å². The van der Waals surface area contributed by atoms with Crippen molar-refractivity contribution in [3.8, 4) is 16.9 Å². The fourth-order valence-electron chi connectivity index (χ4n) is 5.08. The number of aromatic nitrogens is 1. The van der Waals surface area contributed by atoms with Crippen LogP contribution in [-0.4, -0.2) is 34.0 Å². The minimum Gasteiger partial charge on any atom is -0.508 e. The van der Waals surface area contributed by atoms with Crippen molar-refractivity contribution in [2.45, 2.75) is 37.6 Å². The topological polar surface area (TPSA) is 88.8 Å². The van der Waals surface area contributed by atoms with Crippen LogP contribution in [0, 0.1) is 11.7 Å². The number of phenolic OH excluding ortho intramolecular Hbond substituents is 1. The van der Waals surface area contributed by atoms with E-state index in [1.54, 1.807) is 28.8 Å². The van der Waals surface area contributed by atoms with Crippen molar-refractivity contribution in [3.63, 3.8) is 0 Å². The molecule has 2 N–H and O–H groups in total. The van der Waals surface area contributed by atoms with Gasteiger partial charge in [-0.25, -0.2) is 4.39 Å². The smallest absolute Gasteiger partial charge is 0.306 e. The van der Waals surface area contributed by atoms with Crippen LogP contribution in [0.5, 0.6) is 5.75 Å². The molecule has 1 saturated heterocycles. The fraction of sp³-hybridized carbons (Fsp3) is 0.360. The number of carboxylic acids is 1. The van der Waals surface area contributed by atoms with E-state index in [0.717, 1.165) is 29.7 Å². The Labute approximate surface area is 183 Å². The molecule has 6 nitrogen and oxygen atoms in total. The lowest BCUT2D eigenvalue weighted by Crippen LogP contribution is -2.40. The number of hydrogen-bond acceptors (Lipinski definition) is 4. The number of aromatic hydroxyl groups is 1. The number of carboxylic acid groups (broad SMARTS) is 1. The second-order valence-corrected chi connectivity index (χ2v) is 8.72. The van der Waals surface area contributed by atoms with Crippen LogP contribution in [0.3, 0.4) is 0 Å². The monoisotopic (exact) mass is 437 g/mol. The second-order valence-electron chi connectivity index (χ2n) is 8.72. The number of hydrogen-bond donors (Lipinski definition) is 2. The van der Waals surface area contributed by atoms with Crippen LogP contribution in [0.2, 0.25) is 0 Å². The first kappa shape index (κ1) is 20.7. The summed E-state index contributed by atoms with van der Waals surface area (Å²) >= 11 is 0. The number of carbonyl (C=O) groups is 1. The zero-order chi connectivity index (χ0) is 22.4. The van der Waals surface area contributed by atoms with E-state index in [1.165, 1.54) is 18.2 Å². The summed E-state index contributed by atoms with van der Waals surface area (Å²) in [5, 5.41) is 20.5. The van der Waals surface area contributed by atoms with E-state index in [2.05, 4.69) is 0 Å². The van der Waals surface area contributed by atoms with Crippen LogP contribution < -0.4 is 5.56 Å². The summed E-state index contributed by atoms with van der Waals surface area (Å²) in [6.07, 6.45) is 2.26. The molecule has 7 heteroatoms. The van der Waals surface area contributed by atoms with Crippen molar-refractivity contribution in [1.29, 1.82) is 0 Å². The molecule has 0 bridgehead atoms. The maximum atomic E-state index is 13.7. The fourth-order valence-corrected chi connectivity index (χ4v) is 5.08. The Hall–Kier alpha value is -3.19. The van der Waals surface area contributed by atoms with E-state index in [0.29, 0.717) is 36.8 Å². The lowest BCUT2D eigenvalue weighted by atomic mass is 9.78. The molecule has 3 aromatic rings. The summed E-state index contributed by atoms with van der Waals surface area (Å²) in [5.41, 5.74) is 2.26. The zero-order valence-corrected chi connectivity index (χ0v) is 17.5. The molecular formula is C25H24FNO5. The van der Waals surface area contributed by atoms with Gasteiger partial charge in [0, 0.05) is 36.4 Å². The predicted octanol–water partition coefficient (Wildman–Crippen LogP) is 4.44. The van der Waals surface area contributed by atoms with Gasteiger partial charge in [-0.2, -0.15) is 0 Å². The highest BCUT2D eigenvalue weighted by molar-refractivity contribution is 5.98. The predicted molar refractivity (Wildman–Crippen MR) is 117 cm³/mol. The molecule has 1 aromatic heterocycles. The molecule has 1 aliphatic carbocycles. The molecule has 1 aliphatic heterocycles. The molecule has 2 aromatic carbocycles. The van der Waals surface area contributed by atoms with E-state index in [-0.39, 0.29) is 29.1 Å². The first-order valence-corrected chi connectivity index (χ1v) is 10.9. The average molecular weight is 437 g/mol. The number of phenols is 1. The molecule has 0 radical (unpaired) electrons. The van der Waals surface area contributed by atoms with Gasteiger partial charge in [0.25, 0.3) is 5.56 Å². The molecule has 0 atom stereocenters. The molecule has 0 spiro atoms. The van der Waals surface area contributed by atoms with E-state index in [4.69, 9.17) is 4.74 Å². The van der Waals surface area contributed by atoms with Gasteiger partial charge in [0.2, 0.25) is 0 Å². The largest absolute Gasteiger partial charge is 0.508 e. The molecule has 0 amide bonds. The van der Waals surface area contributed by atoms with E-state index in [1.807, 2.05) is 0 Å². The first-order valence-electron chi connectivity index (χ1n) is 10.9. The van der Waals surface area contributed by atoms with E-state index < -0.39 is 11.9 Å². The molecule has 2 aliphatic rings. The summed E-state index contributed by atoms with van der Waals surface area (Å²) in [7, 11) is 0. The standard InChI is InChI=1S/C25H24FNO5/c26-17-3-1-14(2-4-17)22-20-6-5-19(28)13-21(20)24(29)27(18-11-16(12-18)25(30)31)23(22)15-7-9-32-10-8-15/h1-6,13,15-16,18,28H,7-12H2,(H,30,31). The van der Waals surface area contributed by atoms with Crippen LogP contribution >= 0.6 is 0 Å². The minimum absolute atomic E-state index is 0.0120. The lowest BCUT2D eigenvalue weighted by Gasteiger charge is -2.38. The minimum atomic E-state index is -0.848. The van der Waals surface area contributed by atoms with Crippen molar-refractivity contribution >= 4 is 16.7 Å². The van der Waals surface area contributed by atoms with Crippen molar-refractivity contribution in [2.24, 2.45) is 5.92 Å². The Bertz CT molecular complexity index is 1240. The van der Waals surface area contributed by atoms with Crippen LogP contribution in [-0.2, 0) is 9.53 Å². The summed E-state index contributed by atoms with van der Waals surface area (Å²) in [6, 6.07) is 10.7. The SMILES string of the molecule is O=C(O)C1CC(n2c(C3CCOCC3)c(-c3ccc(F)cc3)c3ccc(O)cc3c2=O)C1. The Morgan fingerprint density at radius 2 is 1.72 bits per heavy atom. The summed E-state index contributed by atoms with van der Waals surface area (Å²) in [4.78, 5) is 25.1. The van der Waals surface area contributed by atoms with Gasteiger partial charge in [0.15, 0.2) is 0 Å².